The van der Waals surface area contributed by atoms with E-state index in [1.54, 1.807) is 12.1 Å². The monoisotopic (exact) mass is 197 g/mol. The Labute approximate surface area is 83.3 Å². The lowest BCUT2D eigenvalue weighted by Gasteiger charge is -2.12. The summed E-state index contributed by atoms with van der Waals surface area (Å²) in [7, 11) is 2.97. The minimum atomic E-state index is -0.126. The van der Waals surface area contributed by atoms with Crippen LogP contribution in [0.3, 0.4) is 0 Å². The first-order valence-corrected chi connectivity index (χ1v) is 4.30. The average molecular weight is 197 g/mol. The van der Waals surface area contributed by atoms with Crippen molar-refractivity contribution >= 4 is 0 Å². The second-order valence-corrected chi connectivity index (χ2v) is 3.06. The molecule has 0 amide bonds. The van der Waals surface area contributed by atoms with Crippen LogP contribution in [0.2, 0.25) is 0 Å². The van der Waals surface area contributed by atoms with Crippen molar-refractivity contribution in [3.8, 4) is 17.2 Å². The molecule has 0 saturated carbocycles. The van der Waals surface area contributed by atoms with Gasteiger partial charge in [0.25, 0.3) is 0 Å². The Hall–Kier alpha value is -1.42. The van der Waals surface area contributed by atoms with E-state index in [0.29, 0.717) is 11.5 Å². The molecule has 14 heavy (non-hydrogen) atoms. The molecule has 0 fully saturated rings. The lowest BCUT2D eigenvalue weighted by molar-refractivity contribution is 0.339. The van der Waals surface area contributed by atoms with Gasteiger partial charge in [-0.05, 0) is 24.6 Å². The lowest BCUT2D eigenvalue weighted by atomic mass is 10.1. The molecule has 1 atom stereocenters. The molecule has 0 bridgehead atoms. The van der Waals surface area contributed by atoms with Crippen LogP contribution < -0.4 is 15.2 Å². The molecule has 1 aromatic carbocycles. The Balaban J connectivity index is 3.25. The number of nitrogens with two attached hydrogens (primary N) is 1. The number of aromatic hydroxyl groups is 1. The summed E-state index contributed by atoms with van der Waals surface area (Å²) >= 11 is 0. The van der Waals surface area contributed by atoms with Crippen molar-refractivity contribution in [2.24, 2.45) is 5.73 Å². The number of phenols is 1. The highest BCUT2D eigenvalue weighted by Gasteiger charge is 2.12. The maximum Gasteiger partial charge on any atom is 0.200 e. The van der Waals surface area contributed by atoms with Gasteiger partial charge in [0.1, 0.15) is 0 Å². The van der Waals surface area contributed by atoms with Gasteiger partial charge >= 0.3 is 0 Å². The van der Waals surface area contributed by atoms with Gasteiger partial charge in [-0.25, -0.2) is 0 Å². The summed E-state index contributed by atoms with van der Waals surface area (Å²) in [6, 6.07) is 3.27. The van der Waals surface area contributed by atoms with Crippen molar-refractivity contribution in [3.05, 3.63) is 17.7 Å². The Morgan fingerprint density at radius 3 is 1.93 bits per heavy atom. The number of ether oxygens (including phenoxy) is 2. The molecule has 1 unspecified atom stereocenters. The number of phenolic OH excluding ortho intramolecular Hbond substituents is 1. The first-order valence-electron chi connectivity index (χ1n) is 4.30. The van der Waals surface area contributed by atoms with Gasteiger partial charge in [0, 0.05) is 6.04 Å². The van der Waals surface area contributed by atoms with Crippen LogP contribution in [0, 0.1) is 0 Å². The topological polar surface area (TPSA) is 64.7 Å². The van der Waals surface area contributed by atoms with Gasteiger partial charge in [-0.3, -0.25) is 0 Å². The van der Waals surface area contributed by atoms with E-state index in [1.807, 2.05) is 6.92 Å². The zero-order valence-corrected chi connectivity index (χ0v) is 8.57. The summed E-state index contributed by atoms with van der Waals surface area (Å²) in [5, 5.41) is 9.60. The van der Waals surface area contributed by atoms with Gasteiger partial charge in [0.15, 0.2) is 11.5 Å². The zero-order valence-electron chi connectivity index (χ0n) is 8.57. The van der Waals surface area contributed by atoms with Crippen molar-refractivity contribution < 1.29 is 14.6 Å². The van der Waals surface area contributed by atoms with E-state index in [0.717, 1.165) is 5.56 Å². The number of hydrogen-bond donors (Lipinski definition) is 2. The van der Waals surface area contributed by atoms with Crippen molar-refractivity contribution in [2.75, 3.05) is 14.2 Å². The maximum absolute atomic E-state index is 9.60. The second kappa shape index (κ2) is 4.19. The minimum Gasteiger partial charge on any atom is -0.502 e. The number of rotatable bonds is 3. The summed E-state index contributed by atoms with van der Waals surface area (Å²) in [5.41, 5.74) is 6.58. The van der Waals surface area contributed by atoms with Gasteiger partial charge in [0.2, 0.25) is 5.75 Å². The predicted molar refractivity (Wildman–Crippen MR) is 53.8 cm³/mol. The third-order valence-corrected chi connectivity index (χ3v) is 2.03. The molecule has 4 heteroatoms. The van der Waals surface area contributed by atoms with Gasteiger partial charge < -0.3 is 20.3 Å². The lowest BCUT2D eigenvalue weighted by Crippen LogP contribution is -2.05. The van der Waals surface area contributed by atoms with Crippen LogP contribution in [0.15, 0.2) is 12.1 Å². The fourth-order valence-electron chi connectivity index (χ4n) is 1.18. The van der Waals surface area contributed by atoms with Gasteiger partial charge in [0.05, 0.1) is 14.2 Å². The normalized spacial score (nSPS) is 12.3. The molecule has 1 aromatic rings. The largest absolute Gasteiger partial charge is 0.502 e. The smallest absolute Gasteiger partial charge is 0.200 e. The van der Waals surface area contributed by atoms with Crippen molar-refractivity contribution in [3.63, 3.8) is 0 Å². The molecule has 0 heterocycles. The summed E-state index contributed by atoms with van der Waals surface area (Å²) < 4.78 is 9.99. The van der Waals surface area contributed by atoms with Crippen LogP contribution >= 0.6 is 0 Å². The average Bonchev–Trinajstić information content (AvgIpc) is 2.17. The van der Waals surface area contributed by atoms with E-state index in [9.17, 15) is 5.11 Å². The van der Waals surface area contributed by atoms with Crippen LogP contribution in [0.1, 0.15) is 18.5 Å². The van der Waals surface area contributed by atoms with E-state index in [1.165, 1.54) is 14.2 Å². The van der Waals surface area contributed by atoms with Gasteiger partial charge in [-0.2, -0.15) is 0 Å². The molecule has 3 N–H and O–H groups in total. The van der Waals surface area contributed by atoms with Crippen LogP contribution in [0.5, 0.6) is 17.2 Å². The minimum absolute atomic E-state index is 0.000556. The third kappa shape index (κ3) is 1.90. The molecule has 0 aliphatic heterocycles. The van der Waals surface area contributed by atoms with Crippen molar-refractivity contribution in [1.82, 2.24) is 0 Å². The van der Waals surface area contributed by atoms with E-state index in [-0.39, 0.29) is 11.8 Å². The van der Waals surface area contributed by atoms with Gasteiger partial charge in [-0.15, -0.1) is 0 Å². The fraction of sp³-hybridized carbons (Fsp3) is 0.400. The quantitative estimate of drug-likeness (QED) is 0.769. The Bertz CT molecular complexity index is 298. The van der Waals surface area contributed by atoms with Crippen molar-refractivity contribution in [1.29, 1.82) is 0 Å². The highest BCUT2D eigenvalue weighted by atomic mass is 16.5. The predicted octanol–water partition coefficient (Wildman–Crippen LogP) is 1.43. The molecule has 0 saturated heterocycles. The second-order valence-electron chi connectivity index (χ2n) is 3.06. The Morgan fingerprint density at radius 1 is 1.21 bits per heavy atom. The standard InChI is InChI=1S/C10H15NO3/c1-6(11)7-4-8(13-2)10(12)9(5-7)14-3/h4-6,12H,11H2,1-3H3. The molecule has 0 radical (unpaired) electrons. The van der Waals surface area contributed by atoms with Crippen molar-refractivity contribution in [2.45, 2.75) is 13.0 Å². The van der Waals surface area contributed by atoms with Crippen LogP contribution in [-0.2, 0) is 0 Å². The number of methoxy groups -OCH3 is 2. The van der Waals surface area contributed by atoms with Gasteiger partial charge in [-0.1, -0.05) is 0 Å². The third-order valence-electron chi connectivity index (χ3n) is 2.03. The van der Waals surface area contributed by atoms with E-state index in [4.69, 9.17) is 15.2 Å². The first kappa shape index (κ1) is 10.7. The zero-order chi connectivity index (χ0) is 10.7. The number of hydrogen-bond acceptors (Lipinski definition) is 4. The maximum atomic E-state index is 9.60. The number of benzene rings is 1. The molecule has 0 aliphatic rings. The highest BCUT2D eigenvalue weighted by molar-refractivity contribution is 5.53. The molecule has 1 rings (SSSR count). The Morgan fingerprint density at radius 2 is 1.64 bits per heavy atom. The van der Waals surface area contributed by atoms with Crippen LogP contribution in [0.4, 0.5) is 0 Å². The highest BCUT2D eigenvalue weighted by Crippen LogP contribution is 2.38. The van der Waals surface area contributed by atoms with Crippen LogP contribution in [0.25, 0.3) is 0 Å². The summed E-state index contributed by atoms with van der Waals surface area (Å²) in [4.78, 5) is 0. The molecular formula is C10H15NO3. The molecular weight excluding hydrogens is 182 g/mol. The SMILES string of the molecule is COc1cc(C(C)N)cc(OC)c1O. The molecule has 0 aromatic heterocycles. The summed E-state index contributed by atoms with van der Waals surface area (Å²) in [6.07, 6.45) is 0. The molecule has 0 aliphatic carbocycles. The Kier molecular flexibility index (Phi) is 3.19. The summed E-state index contributed by atoms with van der Waals surface area (Å²) in [5.74, 6) is 0.743. The molecule has 78 valence electrons. The van der Waals surface area contributed by atoms with E-state index in [2.05, 4.69) is 0 Å². The van der Waals surface area contributed by atoms with Crippen LogP contribution in [-0.4, -0.2) is 19.3 Å². The fourth-order valence-corrected chi connectivity index (χ4v) is 1.18. The first-order chi connectivity index (χ1) is 6.60. The molecule has 4 nitrogen and oxygen atoms in total. The summed E-state index contributed by atoms with van der Waals surface area (Å²) in [6.45, 7) is 1.85. The van der Waals surface area contributed by atoms with E-state index < -0.39 is 0 Å². The molecule has 0 spiro atoms. The van der Waals surface area contributed by atoms with E-state index >= 15 is 0 Å².